The Morgan fingerprint density at radius 1 is 1.16 bits per heavy atom. The van der Waals surface area contributed by atoms with E-state index in [1.807, 2.05) is 6.92 Å². The Morgan fingerprint density at radius 3 is 2.21 bits per heavy atom. The predicted molar refractivity (Wildman–Crippen MR) is 66.5 cm³/mol. The van der Waals surface area contributed by atoms with Crippen LogP contribution in [0, 0.1) is 0 Å². The Kier molecular flexibility index (Phi) is 5.19. The number of hydrogen-bond donors (Lipinski definition) is 2. The summed E-state index contributed by atoms with van der Waals surface area (Å²) >= 11 is 0. The first kappa shape index (κ1) is 15.8. The van der Waals surface area contributed by atoms with Gasteiger partial charge in [-0.1, -0.05) is 6.92 Å². The molecule has 0 aliphatic rings. The minimum Gasteiger partial charge on any atom is -0.385 e. The maximum absolute atomic E-state index is 12.0. The molecule has 0 aliphatic heterocycles. The summed E-state index contributed by atoms with van der Waals surface area (Å²) in [6.07, 6.45) is -3.66. The Hall–Kier alpha value is -1.28. The summed E-state index contributed by atoms with van der Waals surface area (Å²) in [6.45, 7) is 1.14. The van der Waals surface area contributed by atoms with Crippen LogP contribution in [0.4, 0.5) is 18.9 Å². The van der Waals surface area contributed by atoms with Gasteiger partial charge in [0.1, 0.15) is 6.54 Å². The zero-order valence-corrected chi connectivity index (χ0v) is 11.1. The lowest BCUT2D eigenvalue weighted by atomic mass is 10.3. The molecule has 108 valence electrons. The van der Waals surface area contributed by atoms with Gasteiger partial charge in [-0.25, -0.2) is 13.1 Å². The average Bonchev–Trinajstić information content (AvgIpc) is 2.34. The molecule has 0 spiro atoms. The topological polar surface area (TPSA) is 58.2 Å². The van der Waals surface area contributed by atoms with Gasteiger partial charge in [-0.2, -0.15) is 13.2 Å². The van der Waals surface area contributed by atoms with Crippen molar-refractivity contribution in [2.75, 3.05) is 18.4 Å². The van der Waals surface area contributed by atoms with Crippen molar-refractivity contribution in [1.29, 1.82) is 0 Å². The van der Waals surface area contributed by atoms with E-state index >= 15 is 0 Å². The summed E-state index contributed by atoms with van der Waals surface area (Å²) in [6, 6.07) is 5.54. The molecule has 8 heteroatoms. The van der Waals surface area contributed by atoms with Gasteiger partial charge in [0.2, 0.25) is 10.0 Å². The van der Waals surface area contributed by atoms with E-state index in [-0.39, 0.29) is 4.90 Å². The average molecular weight is 296 g/mol. The van der Waals surface area contributed by atoms with Crippen LogP contribution in [0.2, 0.25) is 0 Å². The van der Waals surface area contributed by atoms with E-state index in [1.165, 1.54) is 29.0 Å². The van der Waals surface area contributed by atoms with Crippen LogP contribution in [0.3, 0.4) is 0 Å². The quantitative estimate of drug-likeness (QED) is 0.847. The van der Waals surface area contributed by atoms with E-state index in [9.17, 15) is 21.6 Å². The van der Waals surface area contributed by atoms with Gasteiger partial charge in [0.15, 0.2) is 0 Å². The van der Waals surface area contributed by atoms with Crippen molar-refractivity contribution in [2.24, 2.45) is 0 Å². The van der Waals surface area contributed by atoms with Crippen molar-refractivity contribution < 1.29 is 21.6 Å². The van der Waals surface area contributed by atoms with Crippen molar-refractivity contribution in [2.45, 2.75) is 24.4 Å². The molecule has 0 radical (unpaired) electrons. The molecule has 0 saturated carbocycles. The Balaban J connectivity index is 2.73. The minimum atomic E-state index is -4.57. The second-order valence-electron chi connectivity index (χ2n) is 3.89. The van der Waals surface area contributed by atoms with E-state index in [4.69, 9.17) is 0 Å². The van der Waals surface area contributed by atoms with Crippen LogP contribution in [-0.4, -0.2) is 27.7 Å². The van der Waals surface area contributed by atoms with E-state index in [0.29, 0.717) is 0 Å². The third-order valence-electron chi connectivity index (χ3n) is 2.21. The smallest absolute Gasteiger partial charge is 0.385 e. The number of benzene rings is 1. The third-order valence-corrected chi connectivity index (χ3v) is 3.62. The lowest BCUT2D eigenvalue weighted by Gasteiger charge is -2.10. The number of halogens is 3. The van der Waals surface area contributed by atoms with Crippen molar-refractivity contribution in [3.8, 4) is 0 Å². The highest BCUT2D eigenvalue weighted by Gasteiger charge is 2.29. The second-order valence-corrected chi connectivity index (χ2v) is 5.66. The molecule has 19 heavy (non-hydrogen) atoms. The monoisotopic (exact) mass is 296 g/mol. The molecule has 2 N–H and O–H groups in total. The molecule has 0 bridgehead atoms. The van der Waals surface area contributed by atoms with Crippen LogP contribution in [0.15, 0.2) is 29.2 Å². The molecule has 0 aromatic heterocycles. The molecule has 0 atom stereocenters. The molecule has 0 unspecified atom stereocenters. The third kappa shape index (κ3) is 5.48. The van der Waals surface area contributed by atoms with Crippen molar-refractivity contribution >= 4 is 15.7 Å². The lowest BCUT2D eigenvalue weighted by Crippen LogP contribution is -2.33. The summed E-state index contributed by atoms with van der Waals surface area (Å²) in [5, 5.41) is 3.03. The largest absolute Gasteiger partial charge is 0.402 e. The highest BCUT2D eigenvalue weighted by atomic mass is 32.2. The van der Waals surface area contributed by atoms with Gasteiger partial charge in [-0.3, -0.25) is 0 Å². The fourth-order valence-electron chi connectivity index (χ4n) is 1.28. The summed E-state index contributed by atoms with van der Waals surface area (Å²) < 4.78 is 60.6. The highest BCUT2D eigenvalue weighted by Crippen LogP contribution is 2.17. The molecule has 0 fully saturated rings. The molecule has 0 aliphatic carbocycles. The number of alkyl halides is 3. The normalized spacial score (nSPS) is 12.4. The van der Waals surface area contributed by atoms with Gasteiger partial charge >= 0.3 is 6.18 Å². The fourth-order valence-corrected chi connectivity index (χ4v) is 2.30. The van der Waals surface area contributed by atoms with Crippen LogP contribution in [0.25, 0.3) is 0 Å². The molecule has 0 heterocycles. The molecule has 1 aromatic carbocycles. The number of nitrogens with one attached hydrogen (secondary N) is 2. The molecule has 1 aromatic rings. The van der Waals surface area contributed by atoms with Crippen molar-refractivity contribution in [3.05, 3.63) is 24.3 Å². The van der Waals surface area contributed by atoms with E-state index in [0.717, 1.165) is 18.7 Å². The van der Waals surface area contributed by atoms with E-state index in [2.05, 4.69) is 5.32 Å². The summed E-state index contributed by atoms with van der Waals surface area (Å²) in [4.78, 5) is -0.196. The number of anilines is 1. The molecule has 1 rings (SSSR count). The van der Waals surface area contributed by atoms with Gasteiger partial charge in [0, 0.05) is 12.2 Å². The minimum absolute atomic E-state index is 0.196. The van der Waals surface area contributed by atoms with Crippen LogP contribution in [0.5, 0.6) is 0 Å². The molecule has 0 amide bonds. The number of sulfonamides is 1. The van der Waals surface area contributed by atoms with Gasteiger partial charge in [0.25, 0.3) is 0 Å². The Morgan fingerprint density at radius 2 is 1.74 bits per heavy atom. The zero-order valence-electron chi connectivity index (χ0n) is 10.3. The van der Waals surface area contributed by atoms with Gasteiger partial charge in [0.05, 0.1) is 4.90 Å². The SMILES string of the molecule is CCCNc1ccc(S(=O)(=O)NCC(F)(F)F)cc1. The van der Waals surface area contributed by atoms with E-state index < -0.39 is 22.7 Å². The van der Waals surface area contributed by atoms with Crippen LogP contribution < -0.4 is 10.0 Å². The molecular weight excluding hydrogens is 281 g/mol. The number of hydrogen-bond acceptors (Lipinski definition) is 3. The first-order chi connectivity index (χ1) is 8.74. The summed E-state index contributed by atoms with van der Waals surface area (Å²) in [5.74, 6) is 0. The second kappa shape index (κ2) is 6.25. The molecule has 4 nitrogen and oxygen atoms in total. The van der Waals surface area contributed by atoms with Crippen LogP contribution in [-0.2, 0) is 10.0 Å². The first-order valence-electron chi connectivity index (χ1n) is 5.65. The maximum atomic E-state index is 12.0. The highest BCUT2D eigenvalue weighted by molar-refractivity contribution is 7.89. The van der Waals surface area contributed by atoms with Gasteiger partial charge in [-0.15, -0.1) is 0 Å². The Labute approximate surface area is 110 Å². The van der Waals surface area contributed by atoms with Gasteiger partial charge < -0.3 is 5.32 Å². The van der Waals surface area contributed by atoms with E-state index in [1.54, 1.807) is 0 Å². The van der Waals surface area contributed by atoms with Crippen LogP contribution >= 0.6 is 0 Å². The fraction of sp³-hybridized carbons (Fsp3) is 0.455. The van der Waals surface area contributed by atoms with Crippen molar-refractivity contribution in [1.82, 2.24) is 4.72 Å². The first-order valence-corrected chi connectivity index (χ1v) is 7.13. The lowest BCUT2D eigenvalue weighted by molar-refractivity contribution is -0.121. The predicted octanol–water partition coefficient (Wildman–Crippen LogP) is 2.35. The standard InChI is InChI=1S/C11H15F3N2O2S/c1-2-7-15-9-3-5-10(6-4-9)19(17,18)16-8-11(12,13)14/h3-6,15-16H,2,7-8H2,1H3. The Bertz CT molecular complexity index is 498. The van der Waals surface area contributed by atoms with Crippen molar-refractivity contribution in [3.63, 3.8) is 0 Å². The van der Waals surface area contributed by atoms with Gasteiger partial charge in [-0.05, 0) is 30.7 Å². The molecule has 0 saturated heterocycles. The molecular formula is C11H15F3N2O2S. The summed E-state index contributed by atoms with van der Waals surface area (Å²) in [7, 11) is -4.13. The van der Waals surface area contributed by atoms with Crippen LogP contribution in [0.1, 0.15) is 13.3 Å². The zero-order chi connectivity index (χ0) is 14.5. The summed E-state index contributed by atoms with van der Waals surface area (Å²) in [5.41, 5.74) is 0.719. The number of rotatable bonds is 6. The maximum Gasteiger partial charge on any atom is 0.402 e.